The molecule has 1 nitrogen and oxygen atoms in total. The van der Waals surface area contributed by atoms with Crippen LogP contribution in [-0.2, 0) is 6.42 Å². The van der Waals surface area contributed by atoms with Crippen molar-refractivity contribution >= 4 is 71.5 Å². The second-order valence-corrected chi connectivity index (χ2v) is 12.2. The Morgan fingerprint density at radius 3 is 1.20 bits per heavy atom. The van der Waals surface area contributed by atoms with Gasteiger partial charge >= 0.3 is 0 Å². The minimum Gasteiger partial charge on any atom is -0.310 e. The Balaban J connectivity index is 0.000000158. The summed E-state index contributed by atoms with van der Waals surface area (Å²) in [4.78, 5) is 2.24. The summed E-state index contributed by atoms with van der Waals surface area (Å²) in [5.41, 5.74) is 6.17. The van der Waals surface area contributed by atoms with Crippen molar-refractivity contribution in [2.45, 2.75) is 6.42 Å². The van der Waals surface area contributed by atoms with Crippen LogP contribution in [0.25, 0.3) is 0 Å². The van der Waals surface area contributed by atoms with Crippen molar-refractivity contribution in [3.63, 3.8) is 0 Å². The van der Waals surface area contributed by atoms with E-state index in [1.807, 2.05) is 30.3 Å². The highest BCUT2D eigenvalue weighted by atomic mass is 127. The van der Waals surface area contributed by atoms with Gasteiger partial charge < -0.3 is 4.90 Å². The molecule has 0 heterocycles. The number of benzene rings is 6. The Morgan fingerprint density at radius 1 is 0.415 bits per heavy atom. The molecule has 0 aliphatic carbocycles. The Labute approximate surface area is 274 Å². The van der Waals surface area contributed by atoms with Crippen molar-refractivity contribution in [3.05, 3.63) is 194 Å². The largest absolute Gasteiger partial charge is 0.310 e. The van der Waals surface area contributed by atoms with Crippen LogP contribution in [0.15, 0.2) is 179 Å². The molecule has 0 unspecified atom stereocenters. The second kappa shape index (κ2) is 16.9. The first kappa shape index (κ1) is 30.8. The molecule has 0 bridgehead atoms. The molecule has 0 spiro atoms. The number of halogens is 3. The molecule has 41 heavy (non-hydrogen) atoms. The highest BCUT2D eigenvalue weighted by molar-refractivity contribution is 14.1. The van der Waals surface area contributed by atoms with Crippen molar-refractivity contribution in [2.24, 2.45) is 0 Å². The van der Waals surface area contributed by atoms with E-state index in [9.17, 15) is 0 Å². The molecule has 0 radical (unpaired) electrons. The molecule has 6 rings (SSSR count). The zero-order chi connectivity index (χ0) is 28.7. The van der Waals surface area contributed by atoms with E-state index < -0.39 is 0 Å². The van der Waals surface area contributed by atoms with Crippen LogP contribution in [0, 0.1) is 3.57 Å². The third kappa shape index (κ3) is 10.6. The van der Waals surface area contributed by atoms with Crippen LogP contribution in [0.3, 0.4) is 0 Å². The Morgan fingerprint density at radius 2 is 0.805 bits per heavy atom. The number of nitrogens with zero attached hydrogens (tertiary/aromatic N) is 1. The SMILES string of the molecule is Brc1cccc(I)c1.Brc1cccc(N(c2ccccc2)c2ccccc2)c1.c1ccc(Cc2ccccc2)cc1. The summed E-state index contributed by atoms with van der Waals surface area (Å²) >= 11 is 9.18. The predicted octanol–water partition coefficient (Wildman–Crippen LogP) is 12.2. The third-order valence-electron chi connectivity index (χ3n) is 5.98. The van der Waals surface area contributed by atoms with Gasteiger partial charge in [0.05, 0.1) is 0 Å². The maximum absolute atomic E-state index is 3.55. The first-order valence-electron chi connectivity index (χ1n) is 13.2. The minimum absolute atomic E-state index is 1.03. The summed E-state index contributed by atoms with van der Waals surface area (Å²) in [7, 11) is 0. The van der Waals surface area contributed by atoms with Crippen molar-refractivity contribution in [2.75, 3.05) is 4.90 Å². The molecule has 0 saturated heterocycles. The highest BCUT2D eigenvalue weighted by Crippen LogP contribution is 2.35. The molecule has 0 N–H and O–H groups in total. The van der Waals surface area contributed by atoms with Gasteiger partial charge in [-0.1, -0.05) is 141 Å². The summed E-state index contributed by atoms with van der Waals surface area (Å²) in [6, 6.07) is 58.3. The molecular weight excluding hydrogens is 745 g/mol. The molecule has 6 aromatic carbocycles. The molecule has 0 aromatic heterocycles. The van der Waals surface area contributed by atoms with Gasteiger partial charge in [-0.15, -0.1) is 0 Å². The number of anilines is 3. The van der Waals surface area contributed by atoms with Crippen molar-refractivity contribution in [1.82, 2.24) is 0 Å². The van der Waals surface area contributed by atoms with E-state index in [0.29, 0.717) is 0 Å². The van der Waals surface area contributed by atoms with Crippen molar-refractivity contribution < 1.29 is 0 Å². The molecule has 0 atom stereocenters. The fourth-order valence-corrected chi connectivity index (χ4v) is 5.86. The zero-order valence-electron chi connectivity index (χ0n) is 22.5. The Bertz CT molecular complexity index is 1480. The normalized spacial score (nSPS) is 9.93. The molecule has 0 amide bonds. The lowest BCUT2D eigenvalue weighted by molar-refractivity contribution is 1.19. The molecule has 0 aliphatic heterocycles. The summed E-state index contributed by atoms with van der Waals surface area (Å²) in [5, 5.41) is 0. The second-order valence-electron chi connectivity index (χ2n) is 9.07. The summed E-state index contributed by atoms with van der Waals surface area (Å²) in [5.74, 6) is 0. The monoisotopic (exact) mass is 773 g/mol. The molecular formula is C37H30Br2IN. The molecule has 4 heteroatoms. The standard InChI is InChI=1S/C18H14BrN.C13H12.C6H4BrI/c19-15-8-7-13-18(14-15)20(16-9-3-1-4-10-16)17-11-5-2-6-12-17;1-3-7-12(8-4-1)11-13-9-5-2-6-10-13;7-5-2-1-3-6(8)4-5/h1-14H;1-10H,11H2;1-4H. The van der Waals surface area contributed by atoms with Crippen LogP contribution in [0.4, 0.5) is 17.1 Å². The van der Waals surface area contributed by atoms with Gasteiger partial charge in [0, 0.05) is 29.6 Å². The van der Waals surface area contributed by atoms with Gasteiger partial charge in [0.2, 0.25) is 0 Å². The average molecular weight is 775 g/mol. The minimum atomic E-state index is 1.03. The average Bonchev–Trinajstić information content (AvgIpc) is 3.00. The Kier molecular flexibility index (Phi) is 12.7. The van der Waals surface area contributed by atoms with Crippen molar-refractivity contribution in [3.8, 4) is 0 Å². The molecule has 204 valence electrons. The molecule has 6 aromatic rings. The fraction of sp³-hybridized carbons (Fsp3) is 0.0270. The van der Waals surface area contributed by atoms with Crippen LogP contribution >= 0.6 is 54.5 Å². The number of rotatable bonds is 5. The van der Waals surface area contributed by atoms with Gasteiger partial charge in [-0.05, 0) is 101 Å². The van der Waals surface area contributed by atoms with Crippen LogP contribution in [0.2, 0.25) is 0 Å². The zero-order valence-corrected chi connectivity index (χ0v) is 27.8. The van der Waals surface area contributed by atoms with E-state index in [0.717, 1.165) is 32.4 Å². The van der Waals surface area contributed by atoms with Crippen LogP contribution in [0.5, 0.6) is 0 Å². The van der Waals surface area contributed by atoms with Gasteiger partial charge in [-0.3, -0.25) is 0 Å². The third-order valence-corrected chi connectivity index (χ3v) is 7.63. The van der Waals surface area contributed by atoms with Gasteiger partial charge in [-0.2, -0.15) is 0 Å². The van der Waals surface area contributed by atoms with Gasteiger partial charge in [0.25, 0.3) is 0 Å². The van der Waals surface area contributed by atoms with E-state index >= 15 is 0 Å². The smallest absolute Gasteiger partial charge is 0.0472 e. The van der Waals surface area contributed by atoms with Gasteiger partial charge in [-0.25, -0.2) is 0 Å². The lowest BCUT2D eigenvalue weighted by Gasteiger charge is -2.25. The quantitative estimate of drug-likeness (QED) is 0.158. The van der Waals surface area contributed by atoms with E-state index in [1.165, 1.54) is 14.7 Å². The number of hydrogen-bond donors (Lipinski definition) is 0. The van der Waals surface area contributed by atoms with E-state index in [-0.39, 0.29) is 0 Å². The molecule has 0 fully saturated rings. The molecule has 0 saturated carbocycles. The summed E-state index contributed by atoms with van der Waals surface area (Å²) in [6.07, 6.45) is 1.03. The number of para-hydroxylation sites is 2. The summed E-state index contributed by atoms with van der Waals surface area (Å²) in [6.45, 7) is 0. The maximum Gasteiger partial charge on any atom is 0.0472 e. The van der Waals surface area contributed by atoms with Gasteiger partial charge in [0.1, 0.15) is 0 Å². The Hall–Kier alpha value is -3.19. The fourth-order valence-electron chi connectivity index (χ4n) is 4.10. The highest BCUT2D eigenvalue weighted by Gasteiger charge is 2.11. The lowest BCUT2D eigenvalue weighted by Crippen LogP contribution is -2.09. The van der Waals surface area contributed by atoms with Crippen molar-refractivity contribution in [1.29, 1.82) is 0 Å². The van der Waals surface area contributed by atoms with E-state index in [2.05, 4.69) is 199 Å². The van der Waals surface area contributed by atoms with Gasteiger partial charge in [0.15, 0.2) is 0 Å². The van der Waals surface area contributed by atoms with Crippen LogP contribution < -0.4 is 4.90 Å². The lowest BCUT2D eigenvalue weighted by atomic mass is 10.1. The van der Waals surface area contributed by atoms with E-state index in [1.54, 1.807) is 0 Å². The van der Waals surface area contributed by atoms with Crippen LogP contribution in [0.1, 0.15) is 11.1 Å². The van der Waals surface area contributed by atoms with Crippen LogP contribution in [-0.4, -0.2) is 0 Å². The first-order chi connectivity index (χ1) is 20.1. The molecule has 0 aliphatic rings. The van der Waals surface area contributed by atoms with E-state index in [4.69, 9.17) is 0 Å². The summed E-state index contributed by atoms with van der Waals surface area (Å²) < 4.78 is 3.48. The topological polar surface area (TPSA) is 3.24 Å². The number of hydrogen-bond acceptors (Lipinski definition) is 1. The maximum atomic E-state index is 3.55. The first-order valence-corrected chi connectivity index (χ1v) is 15.9. The predicted molar refractivity (Wildman–Crippen MR) is 191 cm³/mol.